The molecule has 1 saturated carbocycles. The summed E-state index contributed by atoms with van der Waals surface area (Å²) in [4.78, 5) is 19.7. The first-order chi connectivity index (χ1) is 14.3. The Bertz CT molecular complexity index is 1110. The largest absolute Gasteiger partial charge is 0.421 e. The van der Waals surface area contributed by atoms with Gasteiger partial charge in [0.25, 0.3) is 5.91 Å². The third-order valence-corrected chi connectivity index (χ3v) is 5.92. The number of hydrogen-bond donors (Lipinski definition) is 1. The van der Waals surface area contributed by atoms with Crippen molar-refractivity contribution in [1.82, 2.24) is 20.1 Å². The second kappa shape index (κ2) is 6.74. The number of carbonyl (C=O) groups is 1. The molecule has 1 aliphatic carbocycles. The Labute approximate surface area is 174 Å². The van der Waals surface area contributed by atoms with Crippen LogP contribution in [0.3, 0.4) is 0 Å². The second-order valence-electron chi connectivity index (χ2n) is 8.75. The van der Waals surface area contributed by atoms with E-state index in [1.165, 1.54) is 0 Å². The van der Waals surface area contributed by atoms with E-state index in [0.29, 0.717) is 29.8 Å². The highest BCUT2D eigenvalue weighted by atomic mass is 16.4. The molecule has 1 aliphatic heterocycles. The van der Waals surface area contributed by atoms with E-state index in [-0.39, 0.29) is 11.9 Å². The fourth-order valence-corrected chi connectivity index (χ4v) is 4.54. The molecule has 2 aromatic heterocycles. The van der Waals surface area contributed by atoms with Gasteiger partial charge in [0.2, 0.25) is 11.8 Å². The lowest BCUT2D eigenvalue weighted by Gasteiger charge is -2.37. The van der Waals surface area contributed by atoms with E-state index in [2.05, 4.69) is 15.2 Å². The van der Waals surface area contributed by atoms with Gasteiger partial charge in [-0.3, -0.25) is 9.78 Å². The third-order valence-electron chi connectivity index (χ3n) is 5.92. The van der Waals surface area contributed by atoms with Crippen molar-refractivity contribution in [3.05, 3.63) is 53.7 Å². The number of benzene rings is 1. The molecule has 1 atom stereocenters. The van der Waals surface area contributed by atoms with Crippen molar-refractivity contribution in [1.29, 1.82) is 0 Å². The lowest BCUT2D eigenvalue weighted by atomic mass is 9.92. The van der Waals surface area contributed by atoms with E-state index >= 15 is 0 Å². The normalized spacial score (nSPS) is 17.3. The minimum Gasteiger partial charge on any atom is -0.421 e. The molecule has 0 spiro atoms. The Balaban J connectivity index is 1.49. The summed E-state index contributed by atoms with van der Waals surface area (Å²) >= 11 is 0. The quantitative estimate of drug-likeness (QED) is 0.698. The Hall–Kier alpha value is -3.06. The number of aromatic nitrogens is 3. The molecule has 7 heteroatoms. The van der Waals surface area contributed by atoms with Crippen molar-refractivity contribution in [2.24, 2.45) is 5.92 Å². The van der Waals surface area contributed by atoms with Crippen LogP contribution in [0.4, 0.5) is 0 Å². The lowest BCUT2D eigenvalue weighted by molar-refractivity contribution is -0.0225. The van der Waals surface area contributed by atoms with E-state index < -0.39 is 5.60 Å². The molecule has 1 fully saturated rings. The van der Waals surface area contributed by atoms with Gasteiger partial charge in [0.1, 0.15) is 0 Å². The van der Waals surface area contributed by atoms with Gasteiger partial charge in [0.05, 0.1) is 29.4 Å². The molecule has 1 aromatic carbocycles. The highest BCUT2D eigenvalue weighted by molar-refractivity contribution is 6.04. The van der Waals surface area contributed by atoms with Gasteiger partial charge >= 0.3 is 0 Å². The molecule has 3 aromatic rings. The van der Waals surface area contributed by atoms with Crippen molar-refractivity contribution in [2.45, 2.75) is 51.8 Å². The number of fused-ring (bicyclic) bond motifs is 1. The molecule has 30 heavy (non-hydrogen) atoms. The van der Waals surface area contributed by atoms with Crippen molar-refractivity contribution in [3.8, 4) is 22.6 Å². The van der Waals surface area contributed by atoms with Crippen LogP contribution in [0.1, 0.15) is 48.6 Å². The molecule has 1 amide bonds. The molecule has 0 bridgehead atoms. The van der Waals surface area contributed by atoms with Crippen molar-refractivity contribution >= 4 is 5.91 Å². The maximum Gasteiger partial charge on any atom is 0.257 e. The standard InChI is InChI=1S/C23H24N4O3/c1-13-25-26-21(30-13)16-8-4-14(5-9-16)17-10-11-24-18-12-27(22(28)19(17)18)20(15-6-7-15)23(2,3)29/h4-5,8-11,15,20,29H,6-7,12H2,1-3H3. The maximum atomic E-state index is 13.4. The van der Waals surface area contributed by atoms with Gasteiger partial charge in [-0.15, -0.1) is 10.2 Å². The van der Waals surface area contributed by atoms with Crippen molar-refractivity contribution in [2.75, 3.05) is 0 Å². The van der Waals surface area contributed by atoms with Crippen LogP contribution >= 0.6 is 0 Å². The van der Waals surface area contributed by atoms with Crippen LogP contribution in [0.2, 0.25) is 0 Å². The van der Waals surface area contributed by atoms with E-state index in [9.17, 15) is 9.90 Å². The smallest absolute Gasteiger partial charge is 0.257 e. The van der Waals surface area contributed by atoms with Crippen LogP contribution in [-0.4, -0.2) is 42.7 Å². The number of aryl methyl sites for hydroxylation is 1. The van der Waals surface area contributed by atoms with Crippen LogP contribution in [-0.2, 0) is 6.54 Å². The van der Waals surface area contributed by atoms with E-state index in [0.717, 1.165) is 35.2 Å². The first-order valence-electron chi connectivity index (χ1n) is 10.2. The molecule has 1 unspecified atom stereocenters. The molecule has 7 nitrogen and oxygen atoms in total. The lowest BCUT2D eigenvalue weighted by Crippen LogP contribution is -2.51. The zero-order valence-corrected chi connectivity index (χ0v) is 17.3. The third kappa shape index (κ3) is 3.19. The Morgan fingerprint density at radius 3 is 2.43 bits per heavy atom. The number of pyridine rings is 1. The molecule has 154 valence electrons. The summed E-state index contributed by atoms with van der Waals surface area (Å²) in [6.07, 6.45) is 3.84. The van der Waals surface area contributed by atoms with Crippen LogP contribution < -0.4 is 0 Å². The highest BCUT2D eigenvalue weighted by Gasteiger charge is 2.48. The predicted molar refractivity (Wildman–Crippen MR) is 110 cm³/mol. The Morgan fingerprint density at radius 1 is 1.13 bits per heavy atom. The molecule has 5 rings (SSSR count). The molecule has 3 heterocycles. The van der Waals surface area contributed by atoms with Gasteiger partial charge in [-0.25, -0.2) is 0 Å². The van der Waals surface area contributed by atoms with Crippen molar-refractivity contribution < 1.29 is 14.3 Å². The van der Waals surface area contributed by atoms with Gasteiger partial charge < -0.3 is 14.4 Å². The Kier molecular flexibility index (Phi) is 4.25. The van der Waals surface area contributed by atoms with Gasteiger partial charge in [0.15, 0.2) is 0 Å². The maximum absolute atomic E-state index is 13.4. The first-order valence-corrected chi connectivity index (χ1v) is 10.2. The number of carbonyl (C=O) groups excluding carboxylic acids is 1. The van der Waals surface area contributed by atoms with Gasteiger partial charge in [0, 0.05) is 18.7 Å². The molecule has 0 radical (unpaired) electrons. The molecule has 2 aliphatic rings. The molecule has 1 N–H and O–H groups in total. The fourth-order valence-electron chi connectivity index (χ4n) is 4.54. The summed E-state index contributed by atoms with van der Waals surface area (Å²) in [5.41, 5.74) is 3.05. The summed E-state index contributed by atoms with van der Waals surface area (Å²) in [6.45, 7) is 5.77. The van der Waals surface area contributed by atoms with Crippen molar-refractivity contribution in [3.63, 3.8) is 0 Å². The summed E-state index contributed by atoms with van der Waals surface area (Å²) in [6, 6.07) is 9.41. The summed E-state index contributed by atoms with van der Waals surface area (Å²) in [5.74, 6) is 1.29. The number of rotatable bonds is 5. The van der Waals surface area contributed by atoms with Crippen LogP contribution in [0.25, 0.3) is 22.6 Å². The van der Waals surface area contributed by atoms with Crippen LogP contribution in [0.5, 0.6) is 0 Å². The number of amides is 1. The van der Waals surface area contributed by atoms with E-state index in [1.807, 2.05) is 35.2 Å². The second-order valence-corrected chi connectivity index (χ2v) is 8.75. The average Bonchev–Trinajstić information content (AvgIpc) is 3.35. The first kappa shape index (κ1) is 18.9. The number of aliphatic hydroxyl groups is 1. The number of nitrogens with zero attached hydrogens (tertiary/aromatic N) is 4. The number of hydrogen-bond acceptors (Lipinski definition) is 6. The van der Waals surface area contributed by atoms with E-state index in [1.54, 1.807) is 27.0 Å². The molecule has 0 saturated heterocycles. The minimum absolute atomic E-state index is 0.0521. The minimum atomic E-state index is -0.955. The van der Waals surface area contributed by atoms with Crippen LogP contribution in [0, 0.1) is 12.8 Å². The predicted octanol–water partition coefficient (Wildman–Crippen LogP) is 3.61. The van der Waals surface area contributed by atoms with Gasteiger partial charge in [-0.2, -0.15) is 0 Å². The zero-order chi connectivity index (χ0) is 21.0. The average molecular weight is 404 g/mol. The van der Waals surface area contributed by atoms with Gasteiger partial charge in [-0.1, -0.05) is 12.1 Å². The van der Waals surface area contributed by atoms with Crippen LogP contribution in [0.15, 0.2) is 40.9 Å². The highest BCUT2D eigenvalue weighted by Crippen LogP contribution is 2.43. The molecular weight excluding hydrogens is 380 g/mol. The topological polar surface area (TPSA) is 92.4 Å². The van der Waals surface area contributed by atoms with E-state index in [4.69, 9.17) is 4.42 Å². The van der Waals surface area contributed by atoms with Gasteiger partial charge in [-0.05, 0) is 61.9 Å². The summed E-state index contributed by atoms with van der Waals surface area (Å²) < 4.78 is 5.49. The summed E-state index contributed by atoms with van der Waals surface area (Å²) in [5, 5.41) is 18.7. The zero-order valence-electron chi connectivity index (χ0n) is 17.3. The Morgan fingerprint density at radius 2 is 1.83 bits per heavy atom. The molecular formula is C23H24N4O3. The fraction of sp³-hybridized carbons (Fsp3) is 0.391. The summed E-state index contributed by atoms with van der Waals surface area (Å²) in [7, 11) is 0. The monoisotopic (exact) mass is 404 g/mol. The SMILES string of the molecule is Cc1nnc(-c2ccc(-c3ccnc4c3C(=O)N(C(C3CC3)C(C)(C)O)C4)cc2)o1.